The number of hydrogen-bond acceptors (Lipinski definition) is 1. The fourth-order valence-electron chi connectivity index (χ4n) is 7.24. The number of benzene rings is 6. The van der Waals surface area contributed by atoms with Gasteiger partial charge in [-0.1, -0.05) is 170 Å². The van der Waals surface area contributed by atoms with E-state index in [1.165, 1.54) is 60.5 Å². The Hall–Kier alpha value is -6.05. The van der Waals surface area contributed by atoms with Crippen molar-refractivity contribution in [3.63, 3.8) is 0 Å². The molecule has 0 aromatic heterocycles. The fraction of sp³-hybridized carbons (Fsp3) is 0.100. The zero-order valence-corrected chi connectivity index (χ0v) is 29.5. The van der Waals surface area contributed by atoms with Crippen molar-refractivity contribution >= 4 is 51.5 Å². The van der Waals surface area contributed by atoms with Crippen LogP contribution in [0.4, 0.5) is 5.69 Å². The first kappa shape index (κ1) is 33.4. The third kappa shape index (κ3) is 7.44. The van der Waals surface area contributed by atoms with E-state index in [2.05, 4.69) is 184 Å². The molecule has 51 heavy (non-hydrogen) atoms. The molecule has 6 aromatic rings. The van der Waals surface area contributed by atoms with Crippen molar-refractivity contribution in [3.8, 4) is 0 Å². The minimum absolute atomic E-state index is 0.851. The molecule has 248 valence electrons. The highest BCUT2D eigenvalue weighted by Gasteiger charge is 2.13. The highest BCUT2D eigenvalue weighted by atomic mass is 14.7. The summed E-state index contributed by atoms with van der Waals surface area (Å²) in [5.74, 6) is 0. The van der Waals surface area contributed by atoms with Crippen molar-refractivity contribution in [2.24, 2.45) is 4.99 Å². The summed E-state index contributed by atoms with van der Waals surface area (Å²) in [4.78, 5) is 5.21. The monoisotopic (exact) mass is 657 g/mol. The summed E-state index contributed by atoms with van der Waals surface area (Å²) in [5, 5.41) is 4.72. The first-order valence-electron chi connectivity index (χ1n) is 17.9. The molecule has 0 amide bonds. The summed E-state index contributed by atoms with van der Waals surface area (Å²) in [7, 11) is 0. The fourth-order valence-corrected chi connectivity index (χ4v) is 7.24. The van der Waals surface area contributed by atoms with E-state index < -0.39 is 0 Å². The zero-order valence-electron chi connectivity index (χ0n) is 29.5. The summed E-state index contributed by atoms with van der Waals surface area (Å²) in [6, 6.07) is 47.8. The van der Waals surface area contributed by atoms with Crippen LogP contribution in [0, 0.1) is 0 Å². The van der Waals surface area contributed by atoms with Crippen LogP contribution in [-0.4, -0.2) is 6.21 Å². The van der Waals surface area contributed by atoms with Crippen LogP contribution in [0.5, 0.6) is 0 Å². The van der Waals surface area contributed by atoms with Crippen LogP contribution < -0.4 is 10.4 Å². The van der Waals surface area contributed by atoms with Crippen LogP contribution in [-0.2, 0) is 6.42 Å². The molecule has 1 aliphatic rings. The van der Waals surface area contributed by atoms with Crippen molar-refractivity contribution in [3.05, 3.63) is 214 Å². The minimum atomic E-state index is 0.851. The highest BCUT2D eigenvalue weighted by molar-refractivity contribution is 5.99. The summed E-state index contributed by atoms with van der Waals surface area (Å²) in [5.41, 5.74) is 13.6. The molecule has 0 N–H and O–H groups in total. The Kier molecular flexibility index (Phi) is 10.3. The van der Waals surface area contributed by atoms with Gasteiger partial charge in [-0.25, -0.2) is 0 Å². The highest BCUT2D eigenvalue weighted by Crippen LogP contribution is 2.34. The SMILES string of the molecule is C=C/C=c1/cccc/c1=C(/C)c1c(N=Cc2cccc(Cc3ccc(C4=CC=C(c5ccccc5)CC4)cc3)c2/C=C\C)ccc2ccccc12. The number of aliphatic imine (C=N–C) groups is 1. The summed E-state index contributed by atoms with van der Waals surface area (Å²) >= 11 is 0. The Balaban J connectivity index is 1.20. The molecule has 0 aliphatic heterocycles. The normalized spacial score (nSPS) is 14.2. The number of allylic oxidation sites excluding steroid dienone is 6. The van der Waals surface area contributed by atoms with E-state index in [-0.39, 0.29) is 0 Å². The Morgan fingerprint density at radius 2 is 1.41 bits per heavy atom. The lowest BCUT2D eigenvalue weighted by Crippen LogP contribution is -2.26. The molecule has 1 aliphatic carbocycles. The molecule has 0 unspecified atom stereocenters. The first-order chi connectivity index (χ1) is 25.1. The van der Waals surface area contributed by atoms with Gasteiger partial charge in [-0.2, -0.15) is 0 Å². The molecule has 0 spiro atoms. The maximum absolute atomic E-state index is 5.21. The van der Waals surface area contributed by atoms with E-state index in [1.807, 2.05) is 12.3 Å². The molecule has 0 heterocycles. The average Bonchev–Trinajstić information content (AvgIpc) is 3.18. The van der Waals surface area contributed by atoms with Crippen molar-refractivity contribution in [1.29, 1.82) is 0 Å². The van der Waals surface area contributed by atoms with E-state index >= 15 is 0 Å². The topological polar surface area (TPSA) is 12.4 Å². The quantitative estimate of drug-likeness (QED) is 0.137. The molecule has 0 radical (unpaired) electrons. The second-order valence-electron chi connectivity index (χ2n) is 13.1. The molecule has 1 nitrogen and oxygen atoms in total. The van der Waals surface area contributed by atoms with Gasteiger partial charge >= 0.3 is 0 Å². The Morgan fingerprint density at radius 1 is 0.706 bits per heavy atom. The lowest BCUT2D eigenvalue weighted by atomic mass is 9.89. The van der Waals surface area contributed by atoms with Gasteiger partial charge in [0.2, 0.25) is 0 Å². The van der Waals surface area contributed by atoms with Gasteiger partial charge in [0.05, 0.1) is 5.69 Å². The first-order valence-corrected chi connectivity index (χ1v) is 17.9. The average molecular weight is 658 g/mol. The van der Waals surface area contributed by atoms with Crippen LogP contribution in [0.25, 0.3) is 39.6 Å². The Bertz CT molecular complexity index is 2450. The van der Waals surface area contributed by atoms with Gasteiger partial charge < -0.3 is 0 Å². The van der Waals surface area contributed by atoms with Gasteiger partial charge in [0.1, 0.15) is 0 Å². The van der Waals surface area contributed by atoms with Crippen LogP contribution in [0.15, 0.2) is 169 Å². The van der Waals surface area contributed by atoms with E-state index in [9.17, 15) is 0 Å². The smallest absolute Gasteiger partial charge is 0.0711 e. The molecule has 7 rings (SSSR count). The molecule has 0 fully saturated rings. The largest absolute Gasteiger partial charge is 0.256 e. The number of nitrogens with zero attached hydrogens (tertiary/aromatic N) is 1. The van der Waals surface area contributed by atoms with Crippen molar-refractivity contribution in [2.75, 3.05) is 0 Å². The van der Waals surface area contributed by atoms with Crippen LogP contribution in [0.1, 0.15) is 65.6 Å². The van der Waals surface area contributed by atoms with Gasteiger partial charge in [-0.15, -0.1) is 0 Å². The second kappa shape index (κ2) is 15.7. The molecule has 0 saturated carbocycles. The molecule has 0 bridgehead atoms. The predicted molar refractivity (Wildman–Crippen MR) is 222 cm³/mol. The summed E-state index contributed by atoms with van der Waals surface area (Å²) < 4.78 is 0. The minimum Gasteiger partial charge on any atom is -0.256 e. The number of rotatable bonds is 9. The van der Waals surface area contributed by atoms with Crippen molar-refractivity contribution < 1.29 is 0 Å². The van der Waals surface area contributed by atoms with Gasteiger partial charge in [-0.3, -0.25) is 4.99 Å². The van der Waals surface area contributed by atoms with Crippen molar-refractivity contribution in [1.82, 2.24) is 0 Å². The van der Waals surface area contributed by atoms with E-state index in [0.29, 0.717) is 0 Å². The molecule has 1 heteroatoms. The lowest BCUT2D eigenvalue weighted by molar-refractivity contribution is 1.07. The molecule has 6 aromatic carbocycles. The Morgan fingerprint density at radius 3 is 2.16 bits per heavy atom. The lowest BCUT2D eigenvalue weighted by Gasteiger charge is -2.16. The van der Waals surface area contributed by atoms with E-state index in [0.717, 1.165) is 41.3 Å². The molecule has 0 saturated heterocycles. The van der Waals surface area contributed by atoms with Crippen LogP contribution >= 0.6 is 0 Å². The van der Waals surface area contributed by atoms with Gasteiger partial charge in [0.15, 0.2) is 0 Å². The van der Waals surface area contributed by atoms with Gasteiger partial charge in [0, 0.05) is 17.3 Å². The molecule has 0 atom stereocenters. The van der Waals surface area contributed by atoms with Crippen LogP contribution in [0.2, 0.25) is 0 Å². The van der Waals surface area contributed by atoms with Crippen molar-refractivity contribution in [2.45, 2.75) is 33.1 Å². The predicted octanol–water partition coefficient (Wildman–Crippen LogP) is 11.7. The molecular weight excluding hydrogens is 615 g/mol. The van der Waals surface area contributed by atoms with Gasteiger partial charge in [-0.05, 0) is 105 Å². The van der Waals surface area contributed by atoms with E-state index in [4.69, 9.17) is 4.99 Å². The maximum Gasteiger partial charge on any atom is 0.0711 e. The summed E-state index contributed by atoms with van der Waals surface area (Å²) in [6.45, 7) is 8.24. The zero-order chi connectivity index (χ0) is 35.0. The van der Waals surface area contributed by atoms with Gasteiger partial charge in [0.25, 0.3) is 0 Å². The Labute approximate surface area is 302 Å². The molecular formula is C50H43N. The standard InChI is InChI=1S/C50H43N/c1-4-14-42-18-9-11-22-46(42)36(3)50-48-23-12-10-19-43(48)32-33-49(50)51-35-45-21-13-20-44(47(45)15-5-2)34-37-24-26-39(27-25-37)41-30-28-40(29-31-41)38-16-7-6-8-17-38/h4-28,30,32-33,35H,1,29,31,34H2,2-3H3/b15-5-,42-14-,46-36+,51-35?. The third-order valence-corrected chi connectivity index (χ3v) is 9.86. The maximum atomic E-state index is 5.21. The number of hydrogen-bond donors (Lipinski definition) is 0. The second-order valence-corrected chi connectivity index (χ2v) is 13.1. The summed E-state index contributed by atoms with van der Waals surface area (Å²) in [6.07, 6.45) is 17.9. The number of fused-ring (bicyclic) bond motifs is 1. The third-order valence-electron chi connectivity index (χ3n) is 9.86. The van der Waals surface area contributed by atoms with E-state index in [1.54, 1.807) is 0 Å². The van der Waals surface area contributed by atoms with Crippen LogP contribution in [0.3, 0.4) is 0 Å².